The third-order valence-corrected chi connectivity index (χ3v) is 6.22. The summed E-state index contributed by atoms with van der Waals surface area (Å²) < 4.78 is 26.6. The summed E-state index contributed by atoms with van der Waals surface area (Å²) in [6.45, 7) is 0.164. The van der Waals surface area contributed by atoms with Gasteiger partial charge in [-0.1, -0.05) is 36.4 Å². The second kappa shape index (κ2) is 8.51. The molecule has 3 N–H and O–H groups in total. The summed E-state index contributed by atoms with van der Waals surface area (Å²) in [6.07, 6.45) is -0.871. The van der Waals surface area contributed by atoms with Crippen LogP contribution in [0.5, 0.6) is 0 Å². The van der Waals surface area contributed by atoms with Crippen molar-refractivity contribution in [3.63, 3.8) is 0 Å². The Balaban J connectivity index is 1.70. The van der Waals surface area contributed by atoms with E-state index in [1.807, 2.05) is 6.07 Å². The molecule has 1 atom stereocenters. The predicted octanol–water partition coefficient (Wildman–Crippen LogP) is 0.270. The van der Waals surface area contributed by atoms with Crippen LogP contribution in [0.1, 0.15) is 22.0 Å². The van der Waals surface area contributed by atoms with E-state index in [-0.39, 0.29) is 42.5 Å². The number of amides is 2. The average Bonchev–Trinajstić information content (AvgIpc) is 2.72. The molecule has 0 aliphatic carbocycles. The van der Waals surface area contributed by atoms with Crippen molar-refractivity contribution in [2.45, 2.75) is 11.0 Å². The molecule has 1 aliphatic heterocycles. The van der Waals surface area contributed by atoms with Crippen LogP contribution in [0.25, 0.3) is 0 Å². The Labute approximate surface area is 163 Å². The van der Waals surface area contributed by atoms with Crippen molar-refractivity contribution in [2.24, 2.45) is 0 Å². The van der Waals surface area contributed by atoms with Crippen LogP contribution in [0.15, 0.2) is 59.5 Å². The lowest BCUT2D eigenvalue weighted by molar-refractivity contribution is -0.122. The summed E-state index contributed by atoms with van der Waals surface area (Å²) in [5.41, 5.74) is 0.824. The lowest BCUT2D eigenvalue weighted by Gasteiger charge is -2.26. The molecule has 28 heavy (non-hydrogen) atoms. The molecule has 9 heteroatoms. The fraction of sp³-hybridized carbons (Fsp3) is 0.263. The van der Waals surface area contributed by atoms with Crippen LogP contribution in [0.4, 0.5) is 0 Å². The van der Waals surface area contributed by atoms with Crippen LogP contribution in [-0.4, -0.2) is 55.8 Å². The Hall–Kier alpha value is -2.75. The highest BCUT2D eigenvalue weighted by Gasteiger charge is 2.29. The highest BCUT2D eigenvalue weighted by molar-refractivity contribution is 7.89. The van der Waals surface area contributed by atoms with E-state index < -0.39 is 22.0 Å². The Morgan fingerprint density at radius 1 is 1.18 bits per heavy atom. The fourth-order valence-corrected chi connectivity index (χ4v) is 4.30. The van der Waals surface area contributed by atoms with Crippen molar-refractivity contribution in [1.29, 1.82) is 0 Å². The van der Waals surface area contributed by atoms with Crippen molar-refractivity contribution in [1.82, 2.24) is 14.9 Å². The van der Waals surface area contributed by atoms with Crippen molar-refractivity contribution in [3.8, 4) is 0 Å². The second-order valence-corrected chi connectivity index (χ2v) is 8.29. The molecule has 1 fully saturated rings. The molecule has 3 rings (SSSR count). The van der Waals surface area contributed by atoms with Gasteiger partial charge in [0.2, 0.25) is 15.9 Å². The van der Waals surface area contributed by atoms with E-state index in [1.165, 1.54) is 24.3 Å². The van der Waals surface area contributed by atoms with Gasteiger partial charge in [-0.2, -0.15) is 4.31 Å². The molecule has 1 unspecified atom stereocenters. The molecule has 0 radical (unpaired) electrons. The van der Waals surface area contributed by atoms with Crippen LogP contribution in [0, 0.1) is 0 Å². The zero-order valence-electron chi connectivity index (χ0n) is 15.0. The smallest absolute Gasteiger partial charge is 0.251 e. The maximum Gasteiger partial charge on any atom is 0.251 e. The van der Waals surface area contributed by atoms with E-state index in [1.54, 1.807) is 24.3 Å². The van der Waals surface area contributed by atoms with Crippen molar-refractivity contribution in [3.05, 3.63) is 65.7 Å². The van der Waals surface area contributed by atoms with E-state index in [0.717, 1.165) is 4.31 Å². The molecule has 1 aliphatic rings. The zero-order valence-corrected chi connectivity index (χ0v) is 15.9. The van der Waals surface area contributed by atoms with Gasteiger partial charge in [0, 0.05) is 25.2 Å². The first-order chi connectivity index (χ1) is 13.4. The number of aliphatic hydroxyl groups is 1. The predicted molar refractivity (Wildman–Crippen MR) is 102 cm³/mol. The van der Waals surface area contributed by atoms with Crippen LogP contribution in [0.3, 0.4) is 0 Å². The molecule has 2 aromatic rings. The number of benzene rings is 2. The number of hydrogen-bond acceptors (Lipinski definition) is 5. The lowest BCUT2D eigenvalue weighted by atomic mass is 10.1. The summed E-state index contributed by atoms with van der Waals surface area (Å²) in [4.78, 5) is 23.8. The van der Waals surface area contributed by atoms with Crippen LogP contribution in [-0.2, 0) is 14.8 Å². The summed E-state index contributed by atoms with van der Waals surface area (Å²) in [5, 5.41) is 15.3. The summed E-state index contributed by atoms with van der Waals surface area (Å²) in [6, 6.07) is 14.5. The number of hydrogen-bond donors (Lipinski definition) is 3. The summed E-state index contributed by atoms with van der Waals surface area (Å²) >= 11 is 0. The summed E-state index contributed by atoms with van der Waals surface area (Å²) in [5.74, 6) is -0.859. The number of nitrogens with one attached hydrogen (secondary N) is 2. The van der Waals surface area contributed by atoms with Crippen LogP contribution >= 0.6 is 0 Å². The molecule has 0 bridgehead atoms. The number of nitrogens with zero attached hydrogens (tertiary/aromatic N) is 1. The normalized spacial score (nSPS) is 16.2. The highest BCUT2D eigenvalue weighted by atomic mass is 32.2. The second-order valence-electron chi connectivity index (χ2n) is 6.35. The van der Waals surface area contributed by atoms with Gasteiger partial charge in [0.1, 0.15) is 0 Å². The molecule has 2 aromatic carbocycles. The minimum Gasteiger partial charge on any atom is -0.387 e. The van der Waals surface area contributed by atoms with Gasteiger partial charge < -0.3 is 15.7 Å². The fourth-order valence-electron chi connectivity index (χ4n) is 2.85. The Morgan fingerprint density at radius 3 is 2.64 bits per heavy atom. The average molecular weight is 403 g/mol. The Kier molecular flexibility index (Phi) is 6.08. The SMILES string of the molecule is O=C1CN(S(=O)(=O)c2cccc(C(=O)NCC(O)c3ccccc3)c2)CCN1. The van der Waals surface area contributed by atoms with Crippen molar-refractivity contribution in [2.75, 3.05) is 26.2 Å². The quantitative estimate of drug-likeness (QED) is 0.640. The third kappa shape index (κ3) is 4.56. The molecule has 0 saturated carbocycles. The standard InChI is InChI=1S/C19H21N3O5S/c23-17(14-5-2-1-3-6-14)12-21-19(25)15-7-4-8-16(11-15)28(26,27)22-10-9-20-18(24)13-22/h1-8,11,17,23H,9-10,12-13H2,(H,20,24)(H,21,25). The number of rotatable bonds is 6. The van der Waals surface area contributed by atoms with E-state index in [4.69, 9.17) is 0 Å². The monoisotopic (exact) mass is 403 g/mol. The van der Waals surface area contributed by atoms with E-state index in [0.29, 0.717) is 5.56 Å². The Morgan fingerprint density at radius 2 is 1.93 bits per heavy atom. The van der Waals surface area contributed by atoms with Gasteiger partial charge in [-0.25, -0.2) is 8.42 Å². The lowest BCUT2D eigenvalue weighted by Crippen LogP contribution is -2.49. The largest absolute Gasteiger partial charge is 0.387 e. The molecule has 0 aromatic heterocycles. The number of piperazine rings is 1. The molecule has 8 nitrogen and oxygen atoms in total. The zero-order chi connectivity index (χ0) is 20.1. The van der Waals surface area contributed by atoms with Crippen LogP contribution in [0.2, 0.25) is 0 Å². The number of carbonyl (C=O) groups excluding carboxylic acids is 2. The first-order valence-corrected chi connectivity index (χ1v) is 10.2. The highest BCUT2D eigenvalue weighted by Crippen LogP contribution is 2.18. The summed E-state index contributed by atoms with van der Waals surface area (Å²) in [7, 11) is -3.88. The Bertz CT molecular complexity index is 963. The minimum atomic E-state index is -3.88. The number of carbonyl (C=O) groups is 2. The molecule has 0 spiro atoms. The molecule has 1 saturated heterocycles. The molecular weight excluding hydrogens is 382 g/mol. The maximum atomic E-state index is 12.7. The van der Waals surface area contributed by atoms with E-state index >= 15 is 0 Å². The van der Waals surface area contributed by atoms with Gasteiger partial charge >= 0.3 is 0 Å². The van der Waals surface area contributed by atoms with Gasteiger partial charge in [-0.15, -0.1) is 0 Å². The number of aliphatic hydroxyl groups excluding tert-OH is 1. The molecule has 2 amide bonds. The first kappa shape index (κ1) is 20.0. The van der Waals surface area contributed by atoms with Gasteiger partial charge in [0.15, 0.2) is 0 Å². The molecular formula is C19H21N3O5S. The van der Waals surface area contributed by atoms with Gasteiger partial charge in [-0.3, -0.25) is 9.59 Å². The maximum absolute atomic E-state index is 12.7. The minimum absolute atomic E-state index is 0.00782. The van der Waals surface area contributed by atoms with E-state index in [9.17, 15) is 23.1 Å². The van der Waals surface area contributed by atoms with Crippen LogP contribution < -0.4 is 10.6 Å². The molecule has 1 heterocycles. The van der Waals surface area contributed by atoms with Crippen molar-refractivity contribution < 1.29 is 23.1 Å². The third-order valence-electron chi connectivity index (χ3n) is 4.38. The van der Waals surface area contributed by atoms with Gasteiger partial charge in [-0.05, 0) is 23.8 Å². The van der Waals surface area contributed by atoms with Gasteiger partial charge in [0.25, 0.3) is 5.91 Å². The van der Waals surface area contributed by atoms with E-state index in [2.05, 4.69) is 10.6 Å². The molecule has 148 valence electrons. The first-order valence-electron chi connectivity index (χ1n) is 8.76. The van der Waals surface area contributed by atoms with Gasteiger partial charge in [0.05, 0.1) is 17.5 Å². The van der Waals surface area contributed by atoms with Crippen molar-refractivity contribution >= 4 is 21.8 Å². The number of sulfonamides is 1. The topological polar surface area (TPSA) is 116 Å².